The molecule has 3 N–H and O–H groups in total. The summed E-state index contributed by atoms with van der Waals surface area (Å²) in [4.78, 5) is 8.04. The highest BCUT2D eigenvalue weighted by molar-refractivity contribution is 7.94. The van der Waals surface area contributed by atoms with Crippen molar-refractivity contribution in [3.8, 4) is 0 Å². The van der Waals surface area contributed by atoms with E-state index in [-0.39, 0.29) is 10.3 Å². The van der Waals surface area contributed by atoms with Crippen molar-refractivity contribution in [2.75, 3.05) is 4.72 Å². The van der Waals surface area contributed by atoms with Crippen LogP contribution in [-0.4, -0.2) is 18.4 Å². The maximum Gasteiger partial charge on any atom is 0.274 e. The van der Waals surface area contributed by atoms with Gasteiger partial charge in [0, 0.05) is 11.4 Å². The van der Waals surface area contributed by atoms with Gasteiger partial charge in [-0.1, -0.05) is 0 Å². The van der Waals surface area contributed by atoms with E-state index in [0.717, 1.165) is 11.3 Å². The third-order valence-electron chi connectivity index (χ3n) is 2.08. The molecular formula is C9H12N4O2S3. The van der Waals surface area contributed by atoms with E-state index in [9.17, 15) is 8.42 Å². The molecule has 0 aliphatic rings. The van der Waals surface area contributed by atoms with Crippen LogP contribution in [0.1, 0.15) is 23.7 Å². The van der Waals surface area contributed by atoms with E-state index in [4.69, 9.17) is 5.73 Å². The number of aromatic nitrogens is 2. The summed E-state index contributed by atoms with van der Waals surface area (Å²) in [5.41, 5.74) is 6.33. The number of nitrogens with one attached hydrogen (secondary N) is 1. The van der Waals surface area contributed by atoms with Crippen molar-refractivity contribution in [3.63, 3.8) is 0 Å². The zero-order chi connectivity index (χ0) is 13.3. The molecule has 0 spiro atoms. The lowest BCUT2D eigenvalue weighted by atomic mass is 10.3. The van der Waals surface area contributed by atoms with Crippen molar-refractivity contribution in [1.82, 2.24) is 9.97 Å². The fourth-order valence-electron chi connectivity index (χ4n) is 1.17. The van der Waals surface area contributed by atoms with Crippen molar-refractivity contribution in [2.24, 2.45) is 5.73 Å². The second-order valence-corrected chi connectivity index (χ2v) is 7.67. The van der Waals surface area contributed by atoms with Crippen LogP contribution in [0, 0.1) is 6.92 Å². The minimum atomic E-state index is -3.59. The van der Waals surface area contributed by atoms with Gasteiger partial charge in [-0.2, -0.15) is 0 Å². The number of nitrogens with two attached hydrogens (primary N) is 1. The Kier molecular flexibility index (Phi) is 3.66. The second kappa shape index (κ2) is 4.92. The van der Waals surface area contributed by atoms with Gasteiger partial charge in [-0.15, -0.1) is 22.7 Å². The minimum absolute atomic E-state index is 0.178. The summed E-state index contributed by atoms with van der Waals surface area (Å²) in [5.74, 6) is 0. The molecule has 0 aliphatic carbocycles. The third-order valence-corrected chi connectivity index (χ3v) is 5.69. The zero-order valence-corrected chi connectivity index (χ0v) is 12.2. The molecule has 0 saturated heterocycles. The van der Waals surface area contributed by atoms with Gasteiger partial charge in [-0.25, -0.2) is 18.4 Å². The molecule has 0 aromatic carbocycles. The second-order valence-electron chi connectivity index (χ2n) is 3.67. The Morgan fingerprint density at radius 2 is 2.22 bits per heavy atom. The summed E-state index contributed by atoms with van der Waals surface area (Å²) in [6, 6.07) is -0.217. The van der Waals surface area contributed by atoms with Gasteiger partial charge in [0.2, 0.25) is 0 Å². The maximum absolute atomic E-state index is 12.0. The van der Waals surface area contributed by atoms with Crippen LogP contribution in [0.15, 0.2) is 15.8 Å². The lowest BCUT2D eigenvalue weighted by Gasteiger charge is -2.01. The van der Waals surface area contributed by atoms with Crippen LogP contribution in [0.3, 0.4) is 0 Å². The van der Waals surface area contributed by atoms with E-state index in [0.29, 0.717) is 15.8 Å². The Hall–Kier alpha value is -1.03. The first-order valence-corrected chi connectivity index (χ1v) is 8.22. The highest BCUT2D eigenvalue weighted by Gasteiger charge is 2.19. The van der Waals surface area contributed by atoms with Crippen LogP contribution in [0.2, 0.25) is 0 Å². The van der Waals surface area contributed by atoms with E-state index in [1.165, 1.54) is 17.5 Å². The first kappa shape index (κ1) is 13.4. The minimum Gasteiger partial charge on any atom is -0.323 e. The van der Waals surface area contributed by atoms with Crippen LogP contribution in [0.25, 0.3) is 0 Å². The average molecular weight is 304 g/mol. The smallest absolute Gasteiger partial charge is 0.274 e. The molecule has 6 nitrogen and oxygen atoms in total. The summed E-state index contributed by atoms with van der Waals surface area (Å²) >= 11 is 2.33. The molecule has 0 fully saturated rings. The van der Waals surface area contributed by atoms with Crippen molar-refractivity contribution in [3.05, 3.63) is 22.3 Å². The Labute approximate surface area is 113 Å². The molecule has 18 heavy (non-hydrogen) atoms. The normalized spacial score (nSPS) is 13.5. The van der Waals surface area contributed by atoms with Gasteiger partial charge in [0.15, 0.2) is 9.34 Å². The van der Waals surface area contributed by atoms with Gasteiger partial charge in [0.25, 0.3) is 10.0 Å². The Bertz CT molecular complexity index is 644. The molecule has 2 heterocycles. The highest BCUT2D eigenvalue weighted by atomic mass is 32.2. The summed E-state index contributed by atoms with van der Waals surface area (Å²) < 4.78 is 26.6. The van der Waals surface area contributed by atoms with Gasteiger partial charge in [-0.05, 0) is 13.8 Å². The number of rotatable bonds is 4. The summed E-state index contributed by atoms with van der Waals surface area (Å²) in [6.07, 6.45) is 1.34. The van der Waals surface area contributed by atoms with Gasteiger partial charge in [0.05, 0.1) is 16.9 Å². The monoisotopic (exact) mass is 304 g/mol. The van der Waals surface area contributed by atoms with Crippen molar-refractivity contribution in [2.45, 2.75) is 24.1 Å². The van der Waals surface area contributed by atoms with E-state index in [2.05, 4.69) is 14.7 Å². The fraction of sp³-hybridized carbons (Fsp3) is 0.333. The molecule has 2 rings (SSSR count). The molecule has 0 saturated carbocycles. The highest BCUT2D eigenvalue weighted by Crippen LogP contribution is 2.24. The maximum atomic E-state index is 12.0. The van der Waals surface area contributed by atoms with Crippen LogP contribution >= 0.6 is 22.7 Å². The molecule has 98 valence electrons. The average Bonchev–Trinajstić information content (AvgIpc) is 2.86. The van der Waals surface area contributed by atoms with Crippen LogP contribution in [0.4, 0.5) is 5.13 Å². The van der Waals surface area contributed by atoms with Crippen molar-refractivity contribution < 1.29 is 8.42 Å². The largest absolute Gasteiger partial charge is 0.323 e. The lowest BCUT2D eigenvalue weighted by Crippen LogP contribution is -2.12. The molecule has 1 unspecified atom stereocenters. The molecule has 0 bridgehead atoms. The number of hydrogen-bond donors (Lipinski definition) is 2. The predicted molar refractivity (Wildman–Crippen MR) is 72.4 cm³/mol. The number of thiazole rings is 2. The van der Waals surface area contributed by atoms with Crippen LogP contribution < -0.4 is 10.5 Å². The molecule has 0 aliphatic heterocycles. The molecule has 2 aromatic heterocycles. The first-order chi connectivity index (χ1) is 8.38. The summed E-state index contributed by atoms with van der Waals surface area (Å²) in [5, 5.41) is 2.75. The first-order valence-electron chi connectivity index (χ1n) is 5.05. The van der Waals surface area contributed by atoms with Crippen molar-refractivity contribution >= 4 is 37.8 Å². The molecule has 1 atom stereocenters. The zero-order valence-electron chi connectivity index (χ0n) is 9.75. The third kappa shape index (κ3) is 2.86. The molecule has 0 amide bonds. The van der Waals surface area contributed by atoms with Gasteiger partial charge < -0.3 is 5.73 Å². The van der Waals surface area contributed by atoms with E-state index in [1.807, 2.05) is 0 Å². The number of nitrogens with zero attached hydrogens (tertiary/aromatic N) is 2. The molecule has 9 heteroatoms. The van der Waals surface area contributed by atoms with Crippen LogP contribution in [0.5, 0.6) is 0 Å². The number of sulfonamides is 1. The summed E-state index contributed by atoms with van der Waals surface area (Å²) in [6.45, 7) is 3.54. The summed E-state index contributed by atoms with van der Waals surface area (Å²) in [7, 11) is -3.59. The van der Waals surface area contributed by atoms with E-state index in [1.54, 1.807) is 19.2 Å². The molecular weight excluding hydrogens is 292 g/mol. The van der Waals surface area contributed by atoms with Crippen molar-refractivity contribution in [1.29, 1.82) is 0 Å². The number of anilines is 1. The SMILES string of the molecule is Cc1ncc(S(=O)(=O)Nc2nc(C(C)N)cs2)s1. The molecule has 0 radical (unpaired) electrons. The Morgan fingerprint density at radius 3 is 2.72 bits per heavy atom. The number of hydrogen-bond acceptors (Lipinski definition) is 7. The molecule has 2 aromatic rings. The topological polar surface area (TPSA) is 98.0 Å². The van der Waals surface area contributed by atoms with Crippen LogP contribution in [-0.2, 0) is 10.0 Å². The van der Waals surface area contributed by atoms with E-state index >= 15 is 0 Å². The number of aryl methyl sites for hydroxylation is 1. The Balaban J connectivity index is 2.22. The standard InChI is InChI=1S/C9H12N4O2S3/c1-5(10)7-4-16-9(12-7)13-18(14,15)8-3-11-6(2)17-8/h3-5H,10H2,1-2H3,(H,12,13). The predicted octanol–water partition coefficient (Wildman–Crippen LogP) is 1.73. The van der Waals surface area contributed by atoms with Gasteiger partial charge >= 0.3 is 0 Å². The van der Waals surface area contributed by atoms with Gasteiger partial charge in [0.1, 0.15) is 0 Å². The lowest BCUT2D eigenvalue weighted by molar-refractivity contribution is 0.603. The van der Waals surface area contributed by atoms with Gasteiger partial charge in [-0.3, -0.25) is 4.72 Å². The fourth-order valence-corrected chi connectivity index (χ4v) is 4.35. The quantitative estimate of drug-likeness (QED) is 0.896. The van der Waals surface area contributed by atoms with E-state index < -0.39 is 10.0 Å². The Morgan fingerprint density at radius 1 is 1.50 bits per heavy atom.